The maximum atomic E-state index is 12.3. The van der Waals surface area contributed by atoms with Gasteiger partial charge >= 0.3 is 0 Å². The van der Waals surface area contributed by atoms with Crippen molar-refractivity contribution in [2.45, 2.75) is 6.54 Å². The first kappa shape index (κ1) is 15.1. The van der Waals surface area contributed by atoms with Gasteiger partial charge in [0.25, 0.3) is 5.91 Å². The fraction of sp³-hybridized carbons (Fsp3) is 0.0667. The van der Waals surface area contributed by atoms with Crippen molar-refractivity contribution in [2.75, 3.05) is 0 Å². The topological polar surface area (TPSA) is 57.8 Å². The summed E-state index contributed by atoms with van der Waals surface area (Å²) in [6.45, 7) is 0.432. The Morgan fingerprint density at radius 2 is 1.95 bits per heavy atom. The molecular formula is C15H11Cl2N3OS. The average Bonchev–Trinajstić information content (AvgIpc) is 3.14. The standard InChI is InChI=1S/C15H11Cl2N3OS/c16-10-3-1-9(2-4-10)14-12(8-19-20-14)15(21)18-7-11-5-6-13(17)22-11/h1-6,8H,7H2,(H,18,21)(H,19,20). The van der Waals surface area contributed by atoms with Crippen LogP contribution in [-0.4, -0.2) is 16.1 Å². The highest BCUT2D eigenvalue weighted by Gasteiger charge is 2.15. The Bertz CT molecular complexity index is 795. The zero-order valence-corrected chi connectivity index (χ0v) is 13.6. The van der Waals surface area contributed by atoms with Crippen LogP contribution in [0.25, 0.3) is 11.3 Å². The highest BCUT2D eigenvalue weighted by Crippen LogP contribution is 2.24. The van der Waals surface area contributed by atoms with Gasteiger partial charge in [0.2, 0.25) is 0 Å². The molecule has 0 radical (unpaired) electrons. The van der Waals surface area contributed by atoms with Gasteiger partial charge in [-0.2, -0.15) is 5.10 Å². The third-order valence-corrected chi connectivity index (χ3v) is 4.55. The van der Waals surface area contributed by atoms with Crippen molar-refractivity contribution < 1.29 is 4.79 Å². The highest BCUT2D eigenvalue weighted by atomic mass is 35.5. The summed E-state index contributed by atoms with van der Waals surface area (Å²) in [6.07, 6.45) is 1.51. The minimum atomic E-state index is -0.191. The van der Waals surface area contributed by atoms with Crippen molar-refractivity contribution in [3.05, 3.63) is 62.4 Å². The number of H-pyrrole nitrogens is 1. The first-order valence-corrected chi connectivity index (χ1v) is 8.02. The number of hydrogen-bond acceptors (Lipinski definition) is 3. The van der Waals surface area contributed by atoms with E-state index in [4.69, 9.17) is 23.2 Å². The molecule has 2 aromatic heterocycles. The molecule has 0 aliphatic carbocycles. The molecule has 0 fully saturated rings. The van der Waals surface area contributed by atoms with Gasteiger partial charge in [0.15, 0.2) is 0 Å². The third kappa shape index (κ3) is 3.32. The monoisotopic (exact) mass is 351 g/mol. The van der Waals surface area contributed by atoms with E-state index in [-0.39, 0.29) is 5.91 Å². The van der Waals surface area contributed by atoms with Crippen LogP contribution in [0.2, 0.25) is 9.36 Å². The molecule has 2 N–H and O–H groups in total. The molecule has 4 nitrogen and oxygen atoms in total. The number of rotatable bonds is 4. The molecule has 0 aliphatic heterocycles. The van der Waals surface area contributed by atoms with E-state index in [9.17, 15) is 4.79 Å². The first-order valence-electron chi connectivity index (χ1n) is 6.45. The molecule has 0 atom stereocenters. The molecule has 22 heavy (non-hydrogen) atoms. The Morgan fingerprint density at radius 1 is 1.18 bits per heavy atom. The van der Waals surface area contributed by atoms with E-state index < -0.39 is 0 Å². The zero-order chi connectivity index (χ0) is 15.5. The molecule has 2 heterocycles. The normalized spacial score (nSPS) is 10.6. The molecule has 0 bridgehead atoms. The summed E-state index contributed by atoms with van der Waals surface area (Å²) in [5.74, 6) is -0.191. The van der Waals surface area contributed by atoms with E-state index in [1.165, 1.54) is 17.5 Å². The van der Waals surface area contributed by atoms with Gasteiger partial charge in [0, 0.05) is 15.5 Å². The minimum Gasteiger partial charge on any atom is -0.347 e. The van der Waals surface area contributed by atoms with E-state index in [0.717, 1.165) is 10.4 Å². The lowest BCUT2D eigenvalue weighted by atomic mass is 10.1. The molecule has 0 unspecified atom stereocenters. The fourth-order valence-electron chi connectivity index (χ4n) is 2.00. The lowest BCUT2D eigenvalue weighted by Crippen LogP contribution is -2.22. The average molecular weight is 352 g/mol. The summed E-state index contributed by atoms with van der Waals surface area (Å²) in [5, 5.41) is 10.3. The van der Waals surface area contributed by atoms with Gasteiger partial charge in [0.1, 0.15) is 0 Å². The lowest BCUT2D eigenvalue weighted by Gasteiger charge is -2.05. The summed E-state index contributed by atoms with van der Waals surface area (Å²) < 4.78 is 0.703. The number of nitrogens with zero attached hydrogens (tertiary/aromatic N) is 1. The van der Waals surface area contributed by atoms with Gasteiger partial charge in [-0.3, -0.25) is 9.89 Å². The van der Waals surface area contributed by atoms with Crippen LogP contribution in [-0.2, 0) is 6.54 Å². The third-order valence-electron chi connectivity index (χ3n) is 3.07. The number of thiophene rings is 1. The van der Waals surface area contributed by atoms with E-state index in [1.54, 1.807) is 12.1 Å². The molecule has 7 heteroatoms. The van der Waals surface area contributed by atoms with E-state index >= 15 is 0 Å². The first-order chi connectivity index (χ1) is 10.6. The van der Waals surface area contributed by atoms with Crippen molar-refractivity contribution in [1.29, 1.82) is 0 Å². The number of halogens is 2. The molecule has 1 aromatic carbocycles. The van der Waals surface area contributed by atoms with Gasteiger partial charge < -0.3 is 5.32 Å². The number of nitrogens with one attached hydrogen (secondary N) is 2. The fourth-order valence-corrected chi connectivity index (χ4v) is 3.16. The SMILES string of the molecule is O=C(NCc1ccc(Cl)s1)c1cn[nH]c1-c1ccc(Cl)cc1. The summed E-state index contributed by atoms with van der Waals surface area (Å²) in [4.78, 5) is 13.3. The quantitative estimate of drug-likeness (QED) is 0.732. The highest BCUT2D eigenvalue weighted by molar-refractivity contribution is 7.16. The van der Waals surface area contributed by atoms with Crippen molar-refractivity contribution in [3.63, 3.8) is 0 Å². The van der Waals surface area contributed by atoms with Crippen molar-refractivity contribution in [3.8, 4) is 11.3 Å². The molecule has 0 saturated carbocycles. The number of aromatic amines is 1. The van der Waals surface area contributed by atoms with E-state index in [2.05, 4.69) is 15.5 Å². The largest absolute Gasteiger partial charge is 0.347 e. The molecule has 0 aliphatic rings. The Morgan fingerprint density at radius 3 is 2.64 bits per heavy atom. The molecule has 1 amide bonds. The van der Waals surface area contributed by atoms with Gasteiger partial charge in [-0.1, -0.05) is 35.3 Å². The van der Waals surface area contributed by atoms with Crippen LogP contribution in [0.15, 0.2) is 42.6 Å². The van der Waals surface area contributed by atoms with Crippen LogP contribution in [0.4, 0.5) is 0 Å². The minimum absolute atomic E-state index is 0.191. The predicted molar refractivity (Wildman–Crippen MR) is 89.5 cm³/mol. The number of amides is 1. The second-order valence-corrected chi connectivity index (χ2v) is 6.79. The Kier molecular flexibility index (Phi) is 4.47. The molecule has 3 rings (SSSR count). The maximum Gasteiger partial charge on any atom is 0.255 e. The summed E-state index contributed by atoms with van der Waals surface area (Å²) in [6, 6.07) is 10.9. The van der Waals surface area contributed by atoms with Gasteiger partial charge in [-0.15, -0.1) is 11.3 Å². The molecule has 112 valence electrons. The van der Waals surface area contributed by atoms with Crippen LogP contribution in [0.1, 0.15) is 15.2 Å². The predicted octanol–water partition coefficient (Wildman–Crippen LogP) is 4.38. The van der Waals surface area contributed by atoms with E-state index in [0.29, 0.717) is 27.2 Å². The van der Waals surface area contributed by atoms with Crippen LogP contribution in [0.5, 0.6) is 0 Å². The number of benzene rings is 1. The van der Waals surface area contributed by atoms with Crippen LogP contribution < -0.4 is 5.32 Å². The van der Waals surface area contributed by atoms with Gasteiger partial charge in [0.05, 0.1) is 28.3 Å². The Labute approximate surface area is 141 Å². The van der Waals surface area contributed by atoms with Crippen LogP contribution in [0.3, 0.4) is 0 Å². The molecule has 0 spiro atoms. The number of carbonyl (C=O) groups excluding carboxylic acids is 1. The number of carbonyl (C=O) groups is 1. The zero-order valence-electron chi connectivity index (χ0n) is 11.3. The van der Waals surface area contributed by atoms with Crippen molar-refractivity contribution >= 4 is 40.4 Å². The Hall–Kier alpha value is -1.82. The lowest BCUT2D eigenvalue weighted by molar-refractivity contribution is 0.0952. The van der Waals surface area contributed by atoms with E-state index in [1.807, 2.05) is 24.3 Å². The summed E-state index contributed by atoms with van der Waals surface area (Å²) in [5.41, 5.74) is 2.01. The van der Waals surface area contributed by atoms with Crippen LogP contribution >= 0.6 is 34.5 Å². The van der Waals surface area contributed by atoms with Gasteiger partial charge in [-0.05, 0) is 24.3 Å². The molecule has 0 saturated heterocycles. The second-order valence-electron chi connectivity index (χ2n) is 4.55. The second kappa shape index (κ2) is 6.52. The smallest absolute Gasteiger partial charge is 0.255 e. The number of aromatic nitrogens is 2. The van der Waals surface area contributed by atoms with Crippen LogP contribution in [0, 0.1) is 0 Å². The van der Waals surface area contributed by atoms with Crippen molar-refractivity contribution in [1.82, 2.24) is 15.5 Å². The molecular weight excluding hydrogens is 341 g/mol. The maximum absolute atomic E-state index is 12.3. The summed E-state index contributed by atoms with van der Waals surface area (Å²) >= 11 is 13.2. The summed E-state index contributed by atoms with van der Waals surface area (Å²) in [7, 11) is 0. The van der Waals surface area contributed by atoms with Gasteiger partial charge in [-0.25, -0.2) is 0 Å². The van der Waals surface area contributed by atoms with Crippen molar-refractivity contribution in [2.24, 2.45) is 0 Å². The number of hydrogen-bond donors (Lipinski definition) is 2. The molecule has 3 aromatic rings. The Balaban J connectivity index is 1.76.